The van der Waals surface area contributed by atoms with E-state index in [1.165, 1.54) is 5.57 Å². The van der Waals surface area contributed by atoms with Gasteiger partial charge in [-0.2, -0.15) is 0 Å². The lowest BCUT2D eigenvalue weighted by Gasteiger charge is -1.97. The third-order valence-corrected chi connectivity index (χ3v) is 1.46. The van der Waals surface area contributed by atoms with E-state index >= 15 is 0 Å². The minimum Gasteiger partial charge on any atom is -0.472 e. The summed E-state index contributed by atoms with van der Waals surface area (Å²) in [6.45, 7) is 5.41. The Hall–Kier alpha value is -1.02. The number of allylic oxidation sites excluding steroid dienone is 1. The van der Waals surface area contributed by atoms with Gasteiger partial charge in [-0.1, -0.05) is 11.6 Å². The normalized spacial score (nSPS) is 9.83. The fourth-order valence-corrected chi connectivity index (χ4v) is 0.777. The molecule has 0 unspecified atom stereocenters. The topological polar surface area (TPSA) is 22.4 Å². The highest BCUT2D eigenvalue weighted by Crippen LogP contribution is 2.01. The zero-order valence-electron chi connectivity index (χ0n) is 7.54. The van der Waals surface area contributed by atoms with Gasteiger partial charge in [-0.15, -0.1) is 0 Å². The molecule has 0 saturated carbocycles. The first kappa shape index (κ1) is 9.07. The van der Waals surface area contributed by atoms with E-state index in [1.54, 1.807) is 12.5 Å². The standard InChI is InChI=1S/C10H14O2/c1-9(2)3-5-11-7-10-4-6-12-8-10/h3-4,6,8H,5,7H2,1-2H3. The van der Waals surface area contributed by atoms with Crippen LogP contribution in [-0.2, 0) is 11.3 Å². The van der Waals surface area contributed by atoms with E-state index in [2.05, 4.69) is 19.9 Å². The van der Waals surface area contributed by atoms with E-state index in [-0.39, 0.29) is 0 Å². The van der Waals surface area contributed by atoms with Crippen molar-refractivity contribution < 1.29 is 9.15 Å². The third-order valence-electron chi connectivity index (χ3n) is 1.46. The Bertz CT molecular complexity index is 230. The highest BCUT2D eigenvalue weighted by molar-refractivity contribution is 5.03. The summed E-state index contributed by atoms with van der Waals surface area (Å²) in [5.41, 5.74) is 2.36. The van der Waals surface area contributed by atoms with E-state index in [0.717, 1.165) is 5.56 Å². The van der Waals surface area contributed by atoms with Crippen molar-refractivity contribution in [1.82, 2.24) is 0 Å². The van der Waals surface area contributed by atoms with Gasteiger partial charge in [0.2, 0.25) is 0 Å². The Morgan fingerprint density at radius 1 is 1.58 bits per heavy atom. The molecule has 1 aromatic rings. The van der Waals surface area contributed by atoms with Gasteiger partial charge in [-0.3, -0.25) is 0 Å². The molecule has 0 aliphatic rings. The lowest BCUT2D eigenvalue weighted by Crippen LogP contribution is -1.91. The molecule has 2 nitrogen and oxygen atoms in total. The van der Waals surface area contributed by atoms with Crippen molar-refractivity contribution in [3.63, 3.8) is 0 Å². The summed E-state index contributed by atoms with van der Waals surface area (Å²) in [4.78, 5) is 0. The van der Waals surface area contributed by atoms with E-state index in [4.69, 9.17) is 9.15 Å². The monoisotopic (exact) mass is 166 g/mol. The first-order chi connectivity index (χ1) is 5.79. The summed E-state index contributed by atoms with van der Waals surface area (Å²) in [5, 5.41) is 0. The Balaban J connectivity index is 2.16. The summed E-state index contributed by atoms with van der Waals surface area (Å²) in [6, 6.07) is 1.91. The van der Waals surface area contributed by atoms with E-state index in [9.17, 15) is 0 Å². The van der Waals surface area contributed by atoms with Crippen molar-refractivity contribution in [2.75, 3.05) is 6.61 Å². The number of hydrogen-bond acceptors (Lipinski definition) is 2. The van der Waals surface area contributed by atoms with Crippen LogP contribution in [0.5, 0.6) is 0 Å². The van der Waals surface area contributed by atoms with Gasteiger partial charge in [0, 0.05) is 5.56 Å². The molecule has 0 saturated heterocycles. The molecule has 0 amide bonds. The second-order valence-corrected chi connectivity index (χ2v) is 2.93. The second kappa shape index (κ2) is 4.78. The molecule has 12 heavy (non-hydrogen) atoms. The molecule has 1 rings (SSSR count). The van der Waals surface area contributed by atoms with Crippen LogP contribution in [-0.4, -0.2) is 6.61 Å². The average molecular weight is 166 g/mol. The Morgan fingerprint density at radius 3 is 3.00 bits per heavy atom. The van der Waals surface area contributed by atoms with Crippen molar-refractivity contribution in [2.45, 2.75) is 20.5 Å². The van der Waals surface area contributed by atoms with Crippen LogP contribution in [0, 0.1) is 0 Å². The zero-order chi connectivity index (χ0) is 8.81. The smallest absolute Gasteiger partial charge is 0.0957 e. The van der Waals surface area contributed by atoms with E-state index < -0.39 is 0 Å². The SMILES string of the molecule is CC(C)=CCOCc1ccoc1. The first-order valence-corrected chi connectivity index (χ1v) is 4.01. The molecule has 0 aliphatic heterocycles. The Morgan fingerprint density at radius 2 is 2.42 bits per heavy atom. The molecule has 0 atom stereocenters. The second-order valence-electron chi connectivity index (χ2n) is 2.93. The maximum Gasteiger partial charge on any atom is 0.0957 e. The molecule has 0 aliphatic carbocycles. The van der Waals surface area contributed by atoms with Gasteiger partial charge in [0.1, 0.15) is 0 Å². The maximum atomic E-state index is 5.35. The molecule has 0 aromatic carbocycles. The first-order valence-electron chi connectivity index (χ1n) is 4.01. The van der Waals surface area contributed by atoms with Crippen molar-refractivity contribution in [3.05, 3.63) is 35.8 Å². The van der Waals surface area contributed by atoms with E-state index in [0.29, 0.717) is 13.2 Å². The van der Waals surface area contributed by atoms with E-state index in [1.807, 2.05) is 6.07 Å². The summed E-state index contributed by atoms with van der Waals surface area (Å²) in [6.07, 6.45) is 5.40. The summed E-state index contributed by atoms with van der Waals surface area (Å²) in [7, 11) is 0. The molecular weight excluding hydrogens is 152 g/mol. The molecule has 2 heteroatoms. The van der Waals surface area contributed by atoms with Gasteiger partial charge in [0.05, 0.1) is 25.7 Å². The number of ether oxygens (including phenoxy) is 1. The summed E-state index contributed by atoms with van der Waals surface area (Å²) < 4.78 is 10.2. The van der Waals surface area contributed by atoms with Gasteiger partial charge in [0.25, 0.3) is 0 Å². The van der Waals surface area contributed by atoms with Crippen LogP contribution in [0.4, 0.5) is 0 Å². The molecule has 0 radical (unpaired) electrons. The predicted molar refractivity (Wildman–Crippen MR) is 47.8 cm³/mol. The predicted octanol–water partition coefficient (Wildman–Crippen LogP) is 2.76. The molecule has 1 heterocycles. The molecule has 0 fully saturated rings. The number of hydrogen-bond donors (Lipinski definition) is 0. The van der Waals surface area contributed by atoms with Crippen LogP contribution in [0.25, 0.3) is 0 Å². The quantitative estimate of drug-likeness (QED) is 0.507. The van der Waals surface area contributed by atoms with Crippen LogP contribution >= 0.6 is 0 Å². The number of rotatable bonds is 4. The maximum absolute atomic E-state index is 5.35. The van der Waals surface area contributed by atoms with Crippen LogP contribution in [0.2, 0.25) is 0 Å². The van der Waals surface area contributed by atoms with Crippen LogP contribution in [0.15, 0.2) is 34.7 Å². The Labute approximate surface area is 72.8 Å². The minimum atomic E-state index is 0.625. The lowest BCUT2D eigenvalue weighted by molar-refractivity contribution is 0.148. The minimum absolute atomic E-state index is 0.625. The molecular formula is C10H14O2. The third kappa shape index (κ3) is 3.39. The molecule has 0 N–H and O–H groups in total. The summed E-state index contributed by atoms with van der Waals surface area (Å²) >= 11 is 0. The highest BCUT2D eigenvalue weighted by Gasteiger charge is 1.91. The number of furan rings is 1. The van der Waals surface area contributed by atoms with Gasteiger partial charge in [-0.05, 0) is 19.9 Å². The Kier molecular flexibility index (Phi) is 3.61. The molecule has 1 aromatic heterocycles. The van der Waals surface area contributed by atoms with Crippen molar-refractivity contribution in [1.29, 1.82) is 0 Å². The molecule has 0 spiro atoms. The highest BCUT2D eigenvalue weighted by atomic mass is 16.5. The van der Waals surface area contributed by atoms with Gasteiger partial charge < -0.3 is 9.15 Å². The van der Waals surface area contributed by atoms with Gasteiger partial charge >= 0.3 is 0 Å². The summed E-state index contributed by atoms with van der Waals surface area (Å²) in [5.74, 6) is 0. The van der Waals surface area contributed by atoms with Crippen LogP contribution < -0.4 is 0 Å². The fraction of sp³-hybridized carbons (Fsp3) is 0.400. The van der Waals surface area contributed by atoms with Crippen LogP contribution in [0.3, 0.4) is 0 Å². The average Bonchev–Trinajstić information content (AvgIpc) is 2.49. The largest absolute Gasteiger partial charge is 0.472 e. The van der Waals surface area contributed by atoms with Crippen molar-refractivity contribution >= 4 is 0 Å². The van der Waals surface area contributed by atoms with Crippen molar-refractivity contribution in [2.24, 2.45) is 0 Å². The van der Waals surface area contributed by atoms with Crippen molar-refractivity contribution in [3.8, 4) is 0 Å². The molecule has 66 valence electrons. The van der Waals surface area contributed by atoms with Gasteiger partial charge in [0.15, 0.2) is 0 Å². The van der Waals surface area contributed by atoms with Gasteiger partial charge in [-0.25, -0.2) is 0 Å². The zero-order valence-corrected chi connectivity index (χ0v) is 7.54. The fourth-order valence-electron chi connectivity index (χ4n) is 0.777. The molecule has 0 bridgehead atoms. The van der Waals surface area contributed by atoms with Crippen LogP contribution in [0.1, 0.15) is 19.4 Å². The lowest BCUT2D eigenvalue weighted by atomic mass is 10.3.